The Morgan fingerprint density at radius 1 is 0.923 bits per heavy atom. The third-order valence-electron chi connectivity index (χ3n) is 6.69. The first kappa shape index (κ1) is 29.7. The summed E-state index contributed by atoms with van der Waals surface area (Å²) in [6.45, 7) is 14.7. The smallest absolute Gasteiger partial charge is 0.408 e. The van der Waals surface area contributed by atoms with Crippen molar-refractivity contribution in [2.45, 2.75) is 85.5 Å². The largest absolute Gasteiger partial charge is 0.444 e. The van der Waals surface area contributed by atoms with Gasteiger partial charge < -0.3 is 20.3 Å². The zero-order chi connectivity index (χ0) is 28.9. The summed E-state index contributed by atoms with van der Waals surface area (Å²) in [5.74, 6) is -0.691. The van der Waals surface area contributed by atoms with Crippen molar-refractivity contribution in [1.29, 1.82) is 0 Å². The SMILES string of the molecule is CCC(C)N(C(=O)C(C)NC(=O)OC(C)(C)C)C(C(=O)Nc1ccc2ccccc2c1)c1ccc(C)cc1C. The van der Waals surface area contributed by atoms with Crippen LogP contribution < -0.4 is 10.6 Å². The summed E-state index contributed by atoms with van der Waals surface area (Å²) in [7, 11) is 0. The predicted molar refractivity (Wildman–Crippen MR) is 157 cm³/mol. The zero-order valence-electron chi connectivity index (χ0n) is 24.3. The van der Waals surface area contributed by atoms with E-state index in [0.717, 1.165) is 27.5 Å². The van der Waals surface area contributed by atoms with Crippen LogP contribution in [-0.4, -0.2) is 40.5 Å². The minimum absolute atomic E-state index is 0.284. The van der Waals surface area contributed by atoms with Gasteiger partial charge in [0.05, 0.1) is 0 Å². The molecule has 7 nitrogen and oxygen atoms in total. The number of ether oxygens (including phenoxy) is 1. The number of benzene rings is 3. The van der Waals surface area contributed by atoms with Crippen LogP contribution in [0.15, 0.2) is 60.7 Å². The number of aryl methyl sites for hydroxylation is 2. The van der Waals surface area contributed by atoms with Gasteiger partial charge in [-0.3, -0.25) is 9.59 Å². The summed E-state index contributed by atoms with van der Waals surface area (Å²) in [4.78, 5) is 42.1. The number of amides is 3. The molecule has 0 saturated heterocycles. The van der Waals surface area contributed by atoms with Gasteiger partial charge in [-0.25, -0.2) is 4.79 Å². The molecule has 0 heterocycles. The minimum Gasteiger partial charge on any atom is -0.444 e. The summed E-state index contributed by atoms with van der Waals surface area (Å²) >= 11 is 0. The van der Waals surface area contributed by atoms with Gasteiger partial charge in [0.15, 0.2) is 0 Å². The van der Waals surface area contributed by atoms with Crippen molar-refractivity contribution in [3.63, 3.8) is 0 Å². The van der Waals surface area contributed by atoms with E-state index in [-0.39, 0.29) is 17.9 Å². The average Bonchev–Trinajstić information content (AvgIpc) is 2.85. The van der Waals surface area contributed by atoms with E-state index < -0.39 is 23.8 Å². The molecule has 2 N–H and O–H groups in total. The van der Waals surface area contributed by atoms with E-state index in [1.54, 1.807) is 32.6 Å². The third-order valence-corrected chi connectivity index (χ3v) is 6.69. The Kier molecular flexibility index (Phi) is 9.38. The molecule has 0 radical (unpaired) electrons. The standard InChI is InChI=1S/C32H41N3O4/c1-9-22(4)35(30(37)23(5)33-31(38)39-32(6,7)8)28(27-17-14-20(2)18-21(27)3)29(36)34-26-16-15-24-12-10-11-13-25(24)19-26/h10-19,22-23,28H,9H2,1-8H3,(H,33,38)(H,34,36). The van der Waals surface area contributed by atoms with Gasteiger partial charge in [0, 0.05) is 11.7 Å². The van der Waals surface area contributed by atoms with Crippen molar-refractivity contribution in [3.05, 3.63) is 77.4 Å². The second-order valence-electron chi connectivity index (χ2n) is 11.2. The second-order valence-corrected chi connectivity index (χ2v) is 11.2. The van der Waals surface area contributed by atoms with Crippen molar-refractivity contribution < 1.29 is 19.1 Å². The number of anilines is 1. The van der Waals surface area contributed by atoms with Crippen LogP contribution in [0.3, 0.4) is 0 Å². The van der Waals surface area contributed by atoms with Crippen LogP contribution in [0.1, 0.15) is 70.7 Å². The molecule has 7 heteroatoms. The van der Waals surface area contributed by atoms with Crippen molar-refractivity contribution in [1.82, 2.24) is 10.2 Å². The molecule has 3 atom stereocenters. The van der Waals surface area contributed by atoms with E-state index in [4.69, 9.17) is 4.74 Å². The number of nitrogens with one attached hydrogen (secondary N) is 2. The molecule has 0 aliphatic rings. The summed E-state index contributed by atoms with van der Waals surface area (Å²) in [5, 5.41) is 7.78. The molecule has 0 spiro atoms. The van der Waals surface area contributed by atoms with E-state index in [9.17, 15) is 14.4 Å². The van der Waals surface area contributed by atoms with Crippen molar-refractivity contribution >= 4 is 34.4 Å². The Hall–Kier alpha value is -3.87. The molecule has 208 valence electrons. The second kappa shape index (κ2) is 12.3. The first-order chi connectivity index (χ1) is 18.3. The molecular formula is C32H41N3O4. The van der Waals surface area contributed by atoms with E-state index in [0.29, 0.717) is 12.1 Å². The van der Waals surface area contributed by atoms with Gasteiger partial charge in [0.1, 0.15) is 17.7 Å². The van der Waals surface area contributed by atoms with Crippen molar-refractivity contribution in [2.75, 3.05) is 5.32 Å². The molecule has 39 heavy (non-hydrogen) atoms. The van der Waals surface area contributed by atoms with Gasteiger partial charge in [-0.1, -0.05) is 61.0 Å². The first-order valence-corrected chi connectivity index (χ1v) is 13.5. The molecule has 3 aromatic rings. The number of carbonyl (C=O) groups is 3. The lowest BCUT2D eigenvalue weighted by Crippen LogP contribution is -2.54. The number of nitrogens with zero attached hydrogens (tertiary/aromatic N) is 1. The van der Waals surface area contributed by atoms with Crippen LogP contribution in [0.4, 0.5) is 10.5 Å². The molecule has 3 unspecified atom stereocenters. The van der Waals surface area contributed by atoms with Gasteiger partial charge >= 0.3 is 6.09 Å². The maximum absolute atomic E-state index is 14.1. The van der Waals surface area contributed by atoms with Crippen LogP contribution in [0.5, 0.6) is 0 Å². The predicted octanol–water partition coefficient (Wildman–Crippen LogP) is 6.68. The summed E-state index contributed by atoms with van der Waals surface area (Å²) in [5.41, 5.74) is 2.64. The average molecular weight is 532 g/mol. The molecular weight excluding hydrogens is 490 g/mol. The molecule has 0 fully saturated rings. The number of hydrogen-bond donors (Lipinski definition) is 2. The molecule has 3 rings (SSSR count). The van der Waals surface area contributed by atoms with Crippen LogP contribution in [0.25, 0.3) is 10.8 Å². The number of rotatable bonds is 8. The van der Waals surface area contributed by atoms with Gasteiger partial charge in [0.25, 0.3) is 5.91 Å². The molecule has 0 saturated carbocycles. The molecule has 0 bridgehead atoms. The number of carbonyl (C=O) groups excluding carboxylic acids is 3. The molecule has 0 aliphatic heterocycles. The van der Waals surface area contributed by atoms with Crippen LogP contribution in [-0.2, 0) is 14.3 Å². The Bertz CT molecular complexity index is 1340. The fourth-order valence-corrected chi connectivity index (χ4v) is 4.59. The summed E-state index contributed by atoms with van der Waals surface area (Å²) < 4.78 is 5.36. The fraction of sp³-hybridized carbons (Fsp3) is 0.406. The normalized spacial score (nSPS) is 13.7. The summed E-state index contributed by atoms with van der Waals surface area (Å²) in [6.07, 6.45) is -0.0635. The highest BCUT2D eigenvalue weighted by Gasteiger charge is 2.37. The Balaban J connectivity index is 2.02. The Morgan fingerprint density at radius 3 is 2.21 bits per heavy atom. The van der Waals surface area contributed by atoms with E-state index in [1.807, 2.05) is 88.4 Å². The third kappa shape index (κ3) is 7.59. The monoisotopic (exact) mass is 531 g/mol. The molecule has 0 aromatic heterocycles. The highest BCUT2D eigenvalue weighted by atomic mass is 16.6. The van der Waals surface area contributed by atoms with Crippen LogP contribution in [0, 0.1) is 13.8 Å². The van der Waals surface area contributed by atoms with E-state index in [2.05, 4.69) is 10.6 Å². The molecule has 3 amide bonds. The van der Waals surface area contributed by atoms with Gasteiger partial charge in [-0.05, 0) is 88.9 Å². The van der Waals surface area contributed by atoms with Crippen LogP contribution >= 0.6 is 0 Å². The zero-order valence-corrected chi connectivity index (χ0v) is 24.3. The van der Waals surface area contributed by atoms with Crippen molar-refractivity contribution in [2.24, 2.45) is 0 Å². The number of alkyl carbamates (subject to hydrolysis) is 1. The highest BCUT2D eigenvalue weighted by molar-refractivity contribution is 6.00. The molecule has 0 aliphatic carbocycles. The lowest BCUT2D eigenvalue weighted by atomic mass is 9.95. The lowest BCUT2D eigenvalue weighted by molar-refractivity contribution is -0.143. The first-order valence-electron chi connectivity index (χ1n) is 13.5. The molecule has 3 aromatic carbocycles. The summed E-state index contributed by atoms with van der Waals surface area (Å²) in [6, 6.07) is 17.4. The Labute approximate surface area is 231 Å². The van der Waals surface area contributed by atoms with E-state index in [1.165, 1.54) is 0 Å². The maximum Gasteiger partial charge on any atom is 0.408 e. The topological polar surface area (TPSA) is 87.7 Å². The maximum atomic E-state index is 14.1. The highest BCUT2D eigenvalue weighted by Crippen LogP contribution is 2.30. The number of fused-ring (bicyclic) bond motifs is 1. The van der Waals surface area contributed by atoms with Gasteiger partial charge in [0.2, 0.25) is 5.91 Å². The van der Waals surface area contributed by atoms with Gasteiger partial charge in [-0.2, -0.15) is 0 Å². The fourth-order valence-electron chi connectivity index (χ4n) is 4.59. The Morgan fingerprint density at radius 2 is 1.59 bits per heavy atom. The van der Waals surface area contributed by atoms with Gasteiger partial charge in [-0.15, -0.1) is 0 Å². The number of hydrogen-bond acceptors (Lipinski definition) is 4. The quantitative estimate of drug-likeness (QED) is 0.340. The van der Waals surface area contributed by atoms with E-state index >= 15 is 0 Å². The lowest BCUT2D eigenvalue weighted by Gasteiger charge is -2.38. The minimum atomic E-state index is -0.914. The van der Waals surface area contributed by atoms with Crippen molar-refractivity contribution in [3.8, 4) is 0 Å². The van der Waals surface area contributed by atoms with Crippen LogP contribution in [0.2, 0.25) is 0 Å².